The number of nitrogens with zero attached hydrogens (tertiary/aromatic N) is 2. The molecule has 1 aliphatic rings. The number of aromatic nitrogens is 1. The third-order valence-electron chi connectivity index (χ3n) is 3.14. The number of benzene rings is 1. The zero-order valence-electron chi connectivity index (χ0n) is 10.7. The molecule has 1 aliphatic heterocycles. The minimum absolute atomic E-state index is 0.304. The summed E-state index contributed by atoms with van der Waals surface area (Å²) in [5, 5.41) is 0. The maximum absolute atomic E-state index is 12.3. The second-order valence-electron chi connectivity index (χ2n) is 4.63. The number of imide groups is 1. The van der Waals surface area contributed by atoms with E-state index in [-0.39, 0.29) is 11.8 Å². The first-order valence-electron chi connectivity index (χ1n) is 6.01. The third kappa shape index (κ3) is 1.73. The molecule has 0 N–H and O–H groups in total. The lowest BCUT2D eigenvalue weighted by molar-refractivity contribution is 0.0925. The summed E-state index contributed by atoms with van der Waals surface area (Å²) in [5.74, 6) is -0.233. The first-order chi connectivity index (χ1) is 9.08. The molecule has 0 aliphatic carbocycles. The monoisotopic (exact) mass is 252 g/mol. The molecule has 0 saturated heterocycles. The topological polar surface area (TPSA) is 50.3 Å². The first-order valence-corrected chi connectivity index (χ1v) is 6.01. The van der Waals surface area contributed by atoms with Gasteiger partial charge in [-0.25, -0.2) is 9.88 Å². The SMILES string of the molecule is Cc1ccc2c(c1)C(=O)N(c1cccc(C)n1)C2=O. The smallest absolute Gasteiger partial charge is 0.267 e. The number of anilines is 1. The molecule has 0 radical (unpaired) electrons. The van der Waals surface area contributed by atoms with Crippen LogP contribution < -0.4 is 4.90 Å². The number of hydrogen-bond donors (Lipinski definition) is 0. The summed E-state index contributed by atoms with van der Waals surface area (Å²) in [5.41, 5.74) is 2.62. The van der Waals surface area contributed by atoms with Gasteiger partial charge in [-0.3, -0.25) is 9.59 Å². The van der Waals surface area contributed by atoms with Gasteiger partial charge in [-0.05, 0) is 38.1 Å². The summed E-state index contributed by atoms with van der Waals surface area (Å²) < 4.78 is 0. The van der Waals surface area contributed by atoms with E-state index in [9.17, 15) is 9.59 Å². The standard InChI is InChI=1S/C15H12N2O2/c1-9-6-7-11-12(8-9)15(19)17(14(11)18)13-5-3-4-10(2)16-13/h3-8H,1-2H3. The van der Waals surface area contributed by atoms with Gasteiger partial charge in [0, 0.05) is 5.69 Å². The van der Waals surface area contributed by atoms with Crippen molar-refractivity contribution in [3.63, 3.8) is 0 Å². The highest BCUT2D eigenvalue weighted by Gasteiger charge is 2.37. The Bertz CT molecular complexity index is 707. The van der Waals surface area contributed by atoms with E-state index >= 15 is 0 Å². The fourth-order valence-electron chi connectivity index (χ4n) is 2.22. The van der Waals surface area contributed by atoms with Crippen LogP contribution in [0.4, 0.5) is 5.82 Å². The van der Waals surface area contributed by atoms with Crippen LogP contribution in [0.25, 0.3) is 0 Å². The number of carbonyl (C=O) groups is 2. The van der Waals surface area contributed by atoms with Crippen molar-refractivity contribution < 1.29 is 9.59 Å². The molecular formula is C15H12N2O2. The van der Waals surface area contributed by atoms with Gasteiger partial charge in [-0.15, -0.1) is 0 Å². The quantitative estimate of drug-likeness (QED) is 0.733. The molecular weight excluding hydrogens is 240 g/mol. The van der Waals surface area contributed by atoms with Crippen molar-refractivity contribution in [1.29, 1.82) is 0 Å². The second-order valence-corrected chi connectivity index (χ2v) is 4.63. The average molecular weight is 252 g/mol. The number of hydrogen-bond acceptors (Lipinski definition) is 3. The lowest BCUT2D eigenvalue weighted by atomic mass is 10.1. The largest absolute Gasteiger partial charge is 0.268 e. The van der Waals surface area contributed by atoms with Crippen molar-refractivity contribution in [2.75, 3.05) is 4.90 Å². The van der Waals surface area contributed by atoms with E-state index in [0.717, 1.165) is 16.2 Å². The molecule has 2 amide bonds. The average Bonchev–Trinajstić information content (AvgIpc) is 2.61. The molecule has 19 heavy (non-hydrogen) atoms. The molecule has 4 heteroatoms. The molecule has 1 aromatic carbocycles. The summed E-state index contributed by atoms with van der Waals surface area (Å²) in [4.78, 5) is 30.0. The summed E-state index contributed by atoms with van der Waals surface area (Å²) in [6.07, 6.45) is 0. The minimum atomic E-state index is -0.307. The Morgan fingerprint density at radius 1 is 0.947 bits per heavy atom. The summed E-state index contributed by atoms with van der Waals surface area (Å²) in [6.45, 7) is 3.72. The van der Waals surface area contributed by atoms with Crippen LogP contribution >= 0.6 is 0 Å². The summed E-state index contributed by atoms with van der Waals surface area (Å²) >= 11 is 0. The molecule has 1 aromatic heterocycles. The number of pyridine rings is 1. The Balaban J connectivity index is 2.13. The van der Waals surface area contributed by atoms with Crippen LogP contribution in [-0.4, -0.2) is 16.8 Å². The molecule has 0 spiro atoms. The molecule has 0 bridgehead atoms. The molecule has 0 fully saturated rings. The molecule has 0 unspecified atom stereocenters. The van der Waals surface area contributed by atoms with Gasteiger partial charge in [0.1, 0.15) is 5.82 Å². The van der Waals surface area contributed by atoms with Crippen LogP contribution in [0, 0.1) is 13.8 Å². The van der Waals surface area contributed by atoms with E-state index in [1.165, 1.54) is 0 Å². The number of aryl methyl sites for hydroxylation is 2. The number of carbonyl (C=O) groups excluding carboxylic acids is 2. The van der Waals surface area contributed by atoms with E-state index in [0.29, 0.717) is 16.9 Å². The zero-order chi connectivity index (χ0) is 13.6. The number of amides is 2. The predicted octanol–water partition coefficient (Wildman–Crippen LogP) is 2.50. The molecule has 2 aromatic rings. The second kappa shape index (κ2) is 4.02. The van der Waals surface area contributed by atoms with Crippen LogP contribution in [0.15, 0.2) is 36.4 Å². The Kier molecular flexibility index (Phi) is 2.45. The van der Waals surface area contributed by atoms with Crippen molar-refractivity contribution >= 4 is 17.6 Å². The first kappa shape index (κ1) is 11.6. The predicted molar refractivity (Wildman–Crippen MR) is 71.3 cm³/mol. The lowest BCUT2D eigenvalue weighted by Gasteiger charge is -2.12. The highest BCUT2D eigenvalue weighted by Crippen LogP contribution is 2.27. The van der Waals surface area contributed by atoms with Gasteiger partial charge in [0.05, 0.1) is 11.1 Å². The summed E-state index contributed by atoms with van der Waals surface area (Å²) in [7, 11) is 0. The Hall–Kier alpha value is -2.49. The van der Waals surface area contributed by atoms with Crippen LogP contribution in [0.2, 0.25) is 0 Å². The van der Waals surface area contributed by atoms with Crippen LogP contribution in [0.5, 0.6) is 0 Å². The summed E-state index contributed by atoms with van der Waals surface area (Å²) in [6, 6.07) is 10.5. The van der Waals surface area contributed by atoms with Crippen LogP contribution in [0.1, 0.15) is 32.0 Å². The van der Waals surface area contributed by atoms with E-state index in [1.807, 2.05) is 26.0 Å². The van der Waals surface area contributed by atoms with E-state index in [2.05, 4.69) is 4.98 Å². The molecule has 4 nitrogen and oxygen atoms in total. The van der Waals surface area contributed by atoms with E-state index in [1.54, 1.807) is 24.3 Å². The van der Waals surface area contributed by atoms with Gasteiger partial charge >= 0.3 is 0 Å². The van der Waals surface area contributed by atoms with Gasteiger partial charge in [0.2, 0.25) is 0 Å². The number of rotatable bonds is 1. The number of fused-ring (bicyclic) bond motifs is 1. The molecule has 3 rings (SSSR count). The normalized spacial score (nSPS) is 13.9. The maximum Gasteiger partial charge on any atom is 0.267 e. The van der Waals surface area contributed by atoms with Crippen molar-refractivity contribution in [3.05, 3.63) is 58.8 Å². The lowest BCUT2D eigenvalue weighted by Crippen LogP contribution is -2.30. The van der Waals surface area contributed by atoms with Gasteiger partial charge < -0.3 is 0 Å². The van der Waals surface area contributed by atoms with Gasteiger partial charge in [0.25, 0.3) is 11.8 Å². The van der Waals surface area contributed by atoms with Crippen molar-refractivity contribution in [3.8, 4) is 0 Å². The molecule has 0 saturated carbocycles. The Morgan fingerprint density at radius 3 is 2.42 bits per heavy atom. The van der Waals surface area contributed by atoms with Gasteiger partial charge in [-0.2, -0.15) is 0 Å². The van der Waals surface area contributed by atoms with Crippen molar-refractivity contribution in [2.45, 2.75) is 13.8 Å². The molecule has 94 valence electrons. The Morgan fingerprint density at radius 2 is 1.68 bits per heavy atom. The highest BCUT2D eigenvalue weighted by molar-refractivity contribution is 6.34. The molecule has 0 atom stereocenters. The van der Waals surface area contributed by atoms with E-state index < -0.39 is 0 Å². The van der Waals surface area contributed by atoms with Crippen LogP contribution in [-0.2, 0) is 0 Å². The fourth-order valence-corrected chi connectivity index (χ4v) is 2.22. The maximum atomic E-state index is 12.3. The third-order valence-corrected chi connectivity index (χ3v) is 3.14. The van der Waals surface area contributed by atoms with Gasteiger partial charge in [-0.1, -0.05) is 17.7 Å². The van der Waals surface area contributed by atoms with Crippen molar-refractivity contribution in [1.82, 2.24) is 4.98 Å². The fraction of sp³-hybridized carbons (Fsp3) is 0.133. The highest BCUT2D eigenvalue weighted by atomic mass is 16.2. The zero-order valence-corrected chi connectivity index (χ0v) is 10.7. The minimum Gasteiger partial charge on any atom is -0.268 e. The molecule has 2 heterocycles. The van der Waals surface area contributed by atoms with Gasteiger partial charge in [0.15, 0.2) is 0 Å². The van der Waals surface area contributed by atoms with Crippen LogP contribution in [0.3, 0.4) is 0 Å². The van der Waals surface area contributed by atoms with Crippen molar-refractivity contribution in [2.24, 2.45) is 0 Å². The van der Waals surface area contributed by atoms with E-state index in [4.69, 9.17) is 0 Å². The Labute approximate surface area is 110 Å².